The van der Waals surface area contributed by atoms with Gasteiger partial charge in [0.2, 0.25) is 0 Å². The highest BCUT2D eigenvalue weighted by molar-refractivity contribution is 5.70. The van der Waals surface area contributed by atoms with Gasteiger partial charge >= 0.3 is 0 Å². The monoisotopic (exact) mass is 456 g/mol. The Morgan fingerprint density at radius 3 is 2.58 bits per heavy atom. The number of hydrogen-bond donors (Lipinski definition) is 3. The fourth-order valence-electron chi connectivity index (χ4n) is 4.71. The summed E-state index contributed by atoms with van der Waals surface area (Å²) in [6.07, 6.45) is 7.82. The molecule has 0 bridgehead atoms. The summed E-state index contributed by atoms with van der Waals surface area (Å²) >= 11 is 0. The lowest BCUT2D eigenvalue weighted by molar-refractivity contribution is 0.0914. The summed E-state index contributed by atoms with van der Waals surface area (Å²) in [6, 6.07) is 11.0. The second kappa shape index (κ2) is 10.8. The van der Waals surface area contributed by atoms with Crippen molar-refractivity contribution in [2.75, 3.05) is 38.0 Å². The first-order chi connectivity index (χ1) is 16.0. The molecule has 0 aliphatic heterocycles. The van der Waals surface area contributed by atoms with Crippen LogP contribution in [0.2, 0.25) is 0 Å². The summed E-state index contributed by atoms with van der Waals surface area (Å²) in [5.41, 5.74) is 2.33. The lowest BCUT2D eigenvalue weighted by Gasteiger charge is -2.31. The minimum absolute atomic E-state index is 0.0364. The van der Waals surface area contributed by atoms with E-state index in [2.05, 4.69) is 27.9 Å². The van der Waals surface area contributed by atoms with E-state index < -0.39 is 0 Å². The smallest absolute Gasteiger partial charge is 0.149 e. The summed E-state index contributed by atoms with van der Waals surface area (Å²) in [5.74, 6) is 0.415. The highest BCUT2D eigenvalue weighted by atomic mass is 19.1. The minimum Gasteiger partial charge on any atom is -0.383 e. The van der Waals surface area contributed by atoms with Gasteiger partial charge in [-0.3, -0.25) is 0 Å². The van der Waals surface area contributed by atoms with Crippen LogP contribution >= 0.6 is 0 Å². The predicted molar refractivity (Wildman–Crippen MR) is 131 cm³/mol. The molecular formula is C26H37FN4O2. The van der Waals surface area contributed by atoms with Crippen LogP contribution in [0.3, 0.4) is 0 Å². The van der Waals surface area contributed by atoms with E-state index in [0.29, 0.717) is 23.7 Å². The van der Waals surface area contributed by atoms with Crippen molar-refractivity contribution in [3.63, 3.8) is 0 Å². The summed E-state index contributed by atoms with van der Waals surface area (Å²) < 4.78 is 25.5. The number of hydrogen-bond acceptors (Lipinski definition) is 6. The molecule has 0 saturated heterocycles. The van der Waals surface area contributed by atoms with Crippen molar-refractivity contribution >= 4 is 11.5 Å². The third-order valence-electron chi connectivity index (χ3n) is 6.90. The first kappa shape index (κ1) is 23.9. The molecule has 4 rings (SSSR count). The Morgan fingerprint density at radius 1 is 1.12 bits per heavy atom. The second-order valence-electron chi connectivity index (χ2n) is 9.59. The molecule has 2 saturated carbocycles. The minimum atomic E-state index is -0.312. The first-order valence-corrected chi connectivity index (χ1v) is 12.1. The molecule has 33 heavy (non-hydrogen) atoms. The number of halogens is 1. The fraction of sp³-hybridized carbons (Fsp3) is 0.577. The van der Waals surface area contributed by atoms with Crippen molar-refractivity contribution in [2.24, 2.45) is 0 Å². The predicted octanol–water partition coefficient (Wildman–Crippen LogP) is 4.83. The van der Waals surface area contributed by atoms with Crippen molar-refractivity contribution in [1.29, 1.82) is 0 Å². The third kappa shape index (κ3) is 6.43. The van der Waals surface area contributed by atoms with E-state index in [0.717, 1.165) is 68.7 Å². The standard InChI is InChI=1S/C26H37FN4O2/c1-18(16-32-2)30-20-7-9-21(10-8-20)31-25-14-23(24(27)15-28-25)19-5-4-6-22(13-19)29-17-26(33-3)11-12-26/h4-6,13-15,18,20-21,29-30H,7-12,16-17H2,1-3H3,(H,28,31)/t18-,20?,21?/m1/s1. The normalized spacial score (nSPS) is 22.5. The molecule has 2 fully saturated rings. The van der Waals surface area contributed by atoms with E-state index >= 15 is 0 Å². The number of ether oxygens (including phenoxy) is 2. The van der Waals surface area contributed by atoms with Crippen LogP contribution in [0.15, 0.2) is 36.5 Å². The SMILES string of the molecule is COC[C@@H](C)NC1CCC(Nc2cc(-c3cccc(NCC4(OC)CC4)c3)c(F)cn2)CC1. The van der Waals surface area contributed by atoms with E-state index in [-0.39, 0.29) is 11.4 Å². The molecule has 3 N–H and O–H groups in total. The Balaban J connectivity index is 1.36. The summed E-state index contributed by atoms with van der Waals surface area (Å²) in [6.45, 7) is 3.65. The average Bonchev–Trinajstić information content (AvgIpc) is 3.61. The first-order valence-electron chi connectivity index (χ1n) is 12.1. The van der Waals surface area contributed by atoms with Gasteiger partial charge in [0, 0.05) is 50.1 Å². The molecule has 0 unspecified atom stereocenters. The highest BCUT2D eigenvalue weighted by Gasteiger charge is 2.42. The number of nitrogens with zero attached hydrogens (tertiary/aromatic N) is 1. The maximum absolute atomic E-state index is 14.7. The van der Waals surface area contributed by atoms with E-state index in [1.54, 1.807) is 14.2 Å². The lowest BCUT2D eigenvalue weighted by Crippen LogP contribution is -2.42. The molecule has 0 spiro atoms. The molecule has 1 aromatic heterocycles. The maximum atomic E-state index is 14.7. The number of aromatic nitrogens is 1. The Morgan fingerprint density at radius 2 is 1.88 bits per heavy atom. The third-order valence-corrected chi connectivity index (χ3v) is 6.90. The van der Waals surface area contributed by atoms with Gasteiger partial charge in [0.15, 0.2) is 0 Å². The number of benzene rings is 1. The molecule has 1 heterocycles. The molecule has 1 aromatic carbocycles. The van der Waals surface area contributed by atoms with Gasteiger partial charge in [-0.15, -0.1) is 0 Å². The van der Waals surface area contributed by atoms with E-state index in [4.69, 9.17) is 9.47 Å². The number of pyridine rings is 1. The number of rotatable bonds is 11. The quantitative estimate of drug-likeness (QED) is 0.450. The van der Waals surface area contributed by atoms with Gasteiger partial charge in [0.1, 0.15) is 11.6 Å². The zero-order valence-corrected chi connectivity index (χ0v) is 20.0. The fourth-order valence-corrected chi connectivity index (χ4v) is 4.71. The molecule has 180 valence electrons. The Hall–Kier alpha value is -2.22. The molecule has 2 aliphatic rings. The van der Waals surface area contributed by atoms with Gasteiger partial charge < -0.3 is 25.4 Å². The zero-order chi connectivity index (χ0) is 23.3. The van der Waals surface area contributed by atoms with Crippen LogP contribution < -0.4 is 16.0 Å². The second-order valence-corrected chi connectivity index (χ2v) is 9.59. The lowest BCUT2D eigenvalue weighted by atomic mass is 9.90. The van der Waals surface area contributed by atoms with Crippen LogP contribution in [0.5, 0.6) is 0 Å². The number of methoxy groups -OCH3 is 2. The Bertz CT molecular complexity index is 913. The molecule has 0 radical (unpaired) electrons. The van der Waals surface area contributed by atoms with Gasteiger partial charge in [0.25, 0.3) is 0 Å². The van der Waals surface area contributed by atoms with Crippen molar-refractivity contribution in [2.45, 2.75) is 69.2 Å². The molecule has 1 atom stereocenters. The molecule has 2 aliphatic carbocycles. The molecule has 0 amide bonds. The van der Waals surface area contributed by atoms with Gasteiger partial charge in [0.05, 0.1) is 18.4 Å². The Kier molecular flexibility index (Phi) is 7.83. The van der Waals surface area contributed by atoms with Gasteiger partial charge in [-0.25, -0.2) is 9.37 Å². The average molecular weight is 457 g/mol. The molecule has 7 heteroatoms. The largest absolute Gasteiger partial charge is 0.383 e. The van der Waals surface area contributed by atoms with Crippen LogP contribution in [-0.2, 0) is 9.47 Å². The van der Waals surface area contributed by atoms with E-state index in [1.807, 2.05) is 30.3 Å². The summed E-state index contributed by atoms with van der Waals surface area (Å²) in [7, 11) is 3.50. The van der Waals surface area contributed by atoms with Gasteiger partial charge in [-0.1, -0.05) is 12.1 Å². The van der Waals surface area contributed by atoms with Crippen LogP contribution in [0.25, 0.3) is 11.1 Å². The number of nitrogens with one attached hydrogen (secondary N) is 3. The topological polar surface area (TPSA) is 67.4 Å². The van der Waals surface area contributed by atoms with Crippen LogP contribution in [0, 0.1) is 5.82 Å². The number of anilines is 2. The molecular weight excluding hydrogens is 419 g/mol. The van der Waals surface area contributed by atoms with Crippen molar-refractivity contribution in [3.8, 4) is 11.1 Å². The van der Waals surface area contributed by atoms with Crippen LogP contribution in [0.1, 0.15) is 45.4 Å². The maximum Gasteiger partial charge on any atom is 0.149 e. The van der Waals surface area contributed by atoms with Gasteiger partial charge in [-0.05, 0) is 69.2 Å². The molecule has 2 aromatic rings. The Labute approximate surface area is 196 Å². The summed E-state index contributed by atoms with van der Waals surface area (Å²) in [5, 5.41) is 10.6. The van der Waals surface area contributed by atoms with Crippen molar-refractivity contribution < 1.29 is 13.9 Å². The zero-order valence-electron chi connectivity index (χ0n) is 20.0. The highest BCUT2D eigenvalue weighted by Crippen LogP contribution is 2.39. The van der Waals surface area contributed by atoms with Gasteiger partial charge in [-0.2, -0.15) is 0 Å². The molecule has 6 nitrogen and oxygen atoms in total. The van der Waals surface area contributed by atoms with Crippen LogP contribution in [0.4, 0.5) is 15.9 Å². The van der Waals surface area contributed by atoms with Crippen molar-refractivity contribution in [1.82, 2.24) is 10.3 Å². The van der Waals surface area contributed by atoms with E-state index in [1.165, 1.54) is 6.20 Å². The van der Waals surface area contributed by atoms with Crippen LogP contribution in [-0.4, -0.2) is 56.1 Å². The summed E-state index contributed by atoms with van der Waals surface area (Å²) in [4.78, 5) is 4.31. The van der Waals surface area contributed by atoms with Crippen molar-refractivity contribution in [3.05, 3.63) is 42.3 Å². The van der Waals surface area contributed by atoms with E-state index in [9.17, 15) is 4.39 Å².